The molecule has 0 bridgehead atoms. The van der Waals surface area contributed by atoms with E-state index >= 15 is 4.39 Å². The molecule has 2 aromatic rings. The molecule has 36 heavy (non-hydrogen) atoms. The number of halogens is 1. The van der Waals surface area contributed by atoms with Gasteiger partial charge < -0.3 is 40.1 Å². The molecule has 0 aliphatic carbocycles. The van der Waals surface area contributed by atoms with E-state index in [4.69, 9.17) is 32.5 Å². The summed E-state index contributed by atoms with van der Waals surface area (Å²) in [5.41, 5.74) is 2.94. The fraction of sp³-hybridized carbons (Fsp3) is 0.500. The van der Waals surface area contributed by atoms with E-state index in [0.717, 1.165) is 17.8 Å². The van der Waals surface area contributed by atoms with E-state index in [2.05, 4.69) is 39.9 Å². The molecule has 3 heterocycles. The van der Waals surface area contributed by atoms with Crippen molar-refractivity contribution in [3.63, 3.8) is 0 Å². The van der Waals surface area contributed by atoms with Gasteiger partial charge in [-0.2, -0.15) is 8.62 Å². The first-order chi connectivity index (χ1) is 16.4. The molecule has 200 valence electrons. The van der Waals surface area contributed by atoms with Gasteiger partial charge in [0.2, 0.25) is 5.67 Å². The van der Waals surface area contributed by atoms with Gasteiger partial charge in [0.15, 0.2) is 16.8 Å². The number of fused-ring (bicyclic) bond motifs is 1. The molecule has 3 unspecified atom stereocenters. The number of nitrogens with one attached hydrogen (secondary N) is 1. The molecule has 1 saturated heterocycles. The van der Waals surface area contributed by atoms with Gasteiger partial charge in [0.05, 0.1) is 12.4 Å². The summed E-state index contributed by atoms with van der Waals surface area (Å²) in [6, 6.07) is 0. The van der Waals surface area contributed by atoms with Crippen LogP contribution in [0.3, 0.4) is 0 Å². The molecule has 0 amide bonds. The molecule has 22 heteroatoms. The molecule has 0 saturated carbocycles. The number of nitrogens with two attached hydrogens (primary N) is 1. The minimum atomic E-state index is -5.81. The van der Waals surface area contributed by atoms with Crippen molar-refractivity contribution in [3.05, 3.63) is 11.0 Å². The molecule has 0 aromatic carbocycles. The molecule has 2 aromatic heterocycles. The maximum Gasteiger partial charge on any atom is 0.490 e. The summed E-state index contributed by atoms with van der Waals surface area (Å²) in [6.07, 6.45) is -6.31. The summed E-state index contributed by atoms with van der Waals surface area (Å²) in [7, 11) is -17.0. The Morgan fingerprint density at radius 3 is 2.53 bits per heavy atom. The van der Waals surface area contributed by atoms with Crippen LogP contribution in [0, 0.1) is 16.5 Å². The highest BCUT2D eigenvalue weighted by molar-refractivity contribution is 7.71. The Hall–Kier alpha value is -1.61. The highest BCUT2D eigenvalue weighted by atomic mass is 32.1. The zero-order valence-corrected chi connectivity index (χ0v) is 21.5. The Labute approximate surface area is 205 Å². The van der Waals surface area contributed by atoms with Crippen molar-refractivity contribution in [1.82, 2.24) is 19.5 Å². The smallest absolute Gasteiger partial charge is 0.386 e. The van der Waals surface area contributed by atoms with Gasteiger partial charge in [-0.25, -0.2) is 28.1 Å². The number of aromatic nitrogens is 4. The zero-order chi connectivity index (χ0) is 27.3. The number of phosphoric acid groups is 3. The number of rotatable bonds is 8. The van der Waals surface area contributed by atoms with Crippen molar-refractivity contribution in [2.75, 3.05) is 5.73 Å². The van der Waals surface area contributed by atoms with Crippen LogP contribution >= 0.6 is 35.7 Å². The van der Waals surface area contributed by atoms with E-state index in [1.165, 1.54) is 6.92 Å². The lowest BCUT2D eigenvalue weighted by Gasteiger charge is -2.25. The number of nitrogens with zero attached hydrogens (tertiary/aromatic N) is 3. The molecule has 1 fully saturated rings. The monoisotopic (exact) mass is 593 g/mol. The van der Waals surface area contributed by atoms with Crippen LogP contribution in [0.2, 0.25) is 0 Å². The topological polar surface area (TPSA) is 262 Å². The van der Waals surface area contributed by atoms with Crippen molar-refractivity contribution >= 4 is 52.8 Å². The number of aromatic amines is 1. The molecular formula is C14H19FN5O12P3S. The summed E-state index contributed by atoms with van der Waals surface area (Å²) < 4.78 is 69.1. The number of nitrogen functional groups attached to an aromatic ring is 1. The van der Waals surface area contributed by atoms with Gasteiger partial charge in [-0.3, -0.25) is 9.09 Å². The molecule has 0 radical (unpaired) electrons. The van der Waals surface area contributed by atoms with E-state index in [0.29, 0.717) is 0 Å². The van der Waals surface area contributed by atoms with E-state index < -0.39 is 53.7 Å². The van der Waals surface area contributed by atoms with Gasteiger partial charge in [0.1, 0.15) is 23.4 Å². The van der Waals surface area contributed by atoms with Crippen LogP contribution in [0.1, 0.15) is 20.1 Å². The normalized spacial score (nSPS) is 28.7. The molecule has 7 atom stereocenters. The number of ether oxygens (including phenoxy) is 1. The lowest BCUT2D eigenvalue weighted by molar-refractivity contribution is -0.0754. The summed E-state index contributed by atoms with van der Waals surface area (Å²) in [4.78, 5) is 46.7. The van der Waals surface area contributed by atoms with Gasteiger partial charge in [-0.05, 0) is 13.8 Å². The number of aliphatic hydroxyl groups excluding tert-OH is 1. The summed E-state index contributed by atoms with van der Waals surface area (Å²) in [5.74, 6) is 4.34. The number of imidazole rings is 1. The third-order valence-electron chi connectivity index (χ3n) is 4.60. The Morgan fingerprint density at radius 1 is 1.31 bits per heavy atom. The quantitative estimate of drug-likeness (QED) is 0.127. The number of hydrogen-bond acceptors (Lipinski definition) is 12. The second-order valence-electron chi connectivity index (χ2n) is 7.22. The predicted molar refractivity (Wildman–Crippen MR) is 119 cm³/mol. The second kappa shape index (κ2) is 9.93. The fourth-order valence-corrected chi connectivity index (χ4v) is 6.82. The highest BCUT2D eigenvalue weighted by Crippen LogP contribution is 2.66. The van der Waals surface area contributed by atoms with Gasteiger partial charge in [-0.15, -0.1) is 5.92 Å². The Balaban J connectivity index is 1.92. The second-order valence-corrected chi connectivity index (χ2v) is 12.0. The first kappa shape index (κ1) is 29.0. The van der Waals surface area contributed by atoms with Crippen LogP contribution in [0.5, 0.6) is 0 Å². The molecule has 1 aliphatic heterocycles. The number of H-pyrrole nitrogens is 1. The molecular weight excluding hydrogens is 574 g/mol. The van der Waals surface area contributed by atoms with Crippen LogP contribution in [0.4, 0.5) is 10.3 Å². The Kier molecular flexibility index (Phi) is 7.99. The predicted octanol–water partition coefficient (Wildman–Crippen LogP) is 0.793. The first-order valence-electron chi connectivity index (χ1n) is 9.40. The summed E-state index contributed by atoms with van der Waals surface area (Å²) in [5, 5.41) is 10.7. The van der Waals surface area contributed by atoms with Crippen LogP contribution in [0.15, 0.2) is 6.33 Å². The standard InChI is InChI=1S/C14H19FN5O12P3S/c1-3-4-14(15)9(21)8(6(2)30-34(25,26)32-35(27,28)31-33(22,23)24)29-12(14)20-5-17-7-10(20)18-13(16)19-11(7)36/h5-6,8-9,12,21H,1-2H3,(H,25,26)(H,27,28)(H2,22,23,24)(H3,16,18,19,36)/t6-,8-,9+,12-,14?/m1/s1. The number of phosphoric ester groups is 1. The summed E-state index contributed by atoms with van der Waals surface area (Å²) >= 11 is 5.07. The van der Waals surface area contributed by atoms with E-state index in [9.17, 15) is 28.6 Å². The van der Waals surface area contributed by atoms with Gasteiger partial charge in [0, 0.05) is 0 Å². The maximum atomic E-state index is 16.1. The summed E-state index contributed by atoms with van der Waals surface area (Å²) in [6.45, 7) is 2.28. The van der Waals surface area contributed by atoms with Gasteiger partial charge in [0.25, 0.3) is 0 Å². The molecule has 3 rings (SSSR count). The third kappa shape index (κ3) is 6.09. The van der Waals surface area contributed by atoms with E-state index in [-0.39, 0.29) is 21.8 Å². The average Bonchev–Trinajstić information content (AvgIpc) is 3.18. The number of alkyl halides is 1. The minimum absolute atomic E-state index is 0.0258. The number of anilines is 1. The van der Waals surface area contributed by atoms with Crippen molar-refractivity contribution in [2.45, 2.75) is 44.1 Å². The number of hydrogen-bond donors (Lipinski definition) is 7. The lowest BCUT2D eigenvalue weighted by atomic mass is 9.94. The molecule has 8 N–H and O–H groups in total. The Bertz CT molecular complexity index is 1440. The minimum Gasteiger partial charge on any atom is -0.386 e. The first-order valence-corrected chi connectivity index (χ1v) is 14.3. The van der Waals surface area contributed by atoms with Crippen LogP contribution < -0.4 is 5.73 Å². The SMILES string of the molecule is CC#CC1(F)[C@@H](O)[C@@H]([C@@H](C)OP(=O)(O)OP(=O)(O)OP(=O)(O)O)O[C@H]1n1cnc2c(=S)nc(N)[nH]c21. The Morgan fingerprint density at radius 2 is 1.94 bits per heavy atom. The largest absolute Gasteiger partial charge is 0.490 e. The average molecular weight is 593 g/mol. The van der Waals surface area contributed by atoms with E-state index in [1.54, 1.807) is 0 Å². The molecule has 17 nitrogen and oxygen atoms in total. The van der Waals surface area contributed by atoms with Gasteiger partial charge in [-0.1, -0.05) is 18.1 Å². The zero-order valence-electron chi connectivity index (χ0n) is 18.0. The van der Waals surface area contributed by atoms with Gasteiger partial charge >= 0.3 is 23.5 Å². The van der Waals surface area contributed by atoms with E-state index in [1.807, 2.05) is 0 Å². The fourth-order valence-electron chi connectivity index (χ4n) is 3.37. The molecule has 1 aliphatic rings. The van der Waals surface area contributed by atoms with Crippen molar-refractivity contribution < 1.29 is 60.6 Å². The molecule has 0 spiro atoms. The van der Waals surface area contributed by atoms with Crippen LogP contribution in [-0.4, -0.2) is 68.2 Å². The third-order valence-corrected chi connectivity index (χ3v) is 8.81. The lowest BCUT2D eigenvalue weighted by Crippen LogP contribution is -2.44. The van der Waals surface area contributed by atoms with Crippen LogP contribution in [-0.2, 0) is 31.6 Å². The van der Waals surface area contributed by atoms with Crippen molar-refractivity contribution in [3.8, 4) is 11.8 Å². The maximum absolute atomic E-state index is 16.1. The number of aliphatic hydroxyl groups is 1. The highest BCUT2D eigenvalue weighted by Gasteiger charge is 2.60. The van der Waals surface area contributed by atoms with Crippen molar-refractivity contribution in [2.24, 2.45) is 0 Å². The van der Waals surface area contributed by atoms with Crippen molar-refractivity contribution in [1.29, 1.82) is 0 Å². The van der Waals surface area contributed by atoms with Crippen LogP contribution in [0.25, 0.3) is 11.2 Å².